The van der Waals surface area contributed by atoms with E-state index in [0.717, 1.165) is 25.9 Å². The van der Waals surface area contributed by atoms with Crippen LogP contribution in [-0.2, 0) is 4.79 Å². The Labute approximate surface area is 132 Å². The molecule has 2 heterocycles. The normalized spacial score (nSPS) is 19.2. The standard InChI is InChI=1S/C14H20BrN3O3/c1-2-10-4-3-7-18(8-10)9-13(19)16-17-14(20)11-5-6-12(15)21-11/h5-6,10H,2-4,7-9H2,1H3,(H,16,19)(H,17,20). The summed E-state index contributed by atoms with van der Waals surface area (Å²) < 4.78 is 5.57. The van der Waals surface area contributed by atoms with Gasteiger partial charge in [0.1, 0.15) is 0 Å². The van der Waals surface area contributed by atoms with Gasteiger partial charge in [0.05, 0.1) is 6.54 Å². The van der Waals surface area contributed by atoms with Crippen molar-refractivity contribution in [2.75, 3.05) is 19.6 Å². The molecule has 0 saturated carbocycles. The van der Waals surface area contributed by atoms with Gasteiger partial charge in [-0.15, -0.1) is 0 Å². The first-order valence-corrected chi connectivity index (χ1v) is 7.94. The van der Waals surface area contributed by atoms with Crippen molar-refractivity contribution in [3.05, 3.63) is 22.6 Å². The van der Waals surface area contributed by atoms with Gasteiger partial charge in [-0.1, -0.05) is 13.3 Å². The molecule has 7 heteroatoms. The number of likely N-dealkylation sites (tertiary alicyclic amines) is 1. The summed E-state index contributed by atoms with van der Waals surface area (Å²) >= 11 is 3.12. The van der Waals surface area contributed by atoms with Crippen LogP contribution in [0.15, 0.2) is 21.2 Å². The summed E-state index contributed by atoms with van der Waals surface area (Å²) in [5.74, 6) is 0.123. The highest BCUT2D eigenvalue weighted by Crippen LogP contribution is 2.18. The Morgan fingerprint density at radius 1 is 1.43 bits per heavy atom. The zero-order valence-electron chi connectivity index (χ0n) is 12.0. The number of hydrogen-bond acceptors (Lipinski definition) is 4. The van der Waals surface area contributed by atoms with Gasteiger partial charge in [-0.05, 0) is 53.4 Å². The van der Waals surface area contributed by atoms with Crippen molar-refractivity contribution < 1.29 is 14.0 Å². The van der Waals surface area contributed by atoms with Gasteiger partial charge in [0, 0.05) is 6.54 Å². The van der Waals surface area contributed by atoms with E-state index < -0.39 is 5.91 Å². The minimum absolute atomic E-state index is 0.145. The molecule has 0 aliphatic carbocycles. The summed E-state index contributed by atoms with van der Waals surface area (Å²) in [6.07, 6.45) is 3.50. The first kappa shape index (κ1) is 16.0. The molecule has 1 aromatic rings. The van der Waals surface area contributed by atoms with Crippen LogP contribution in [0.5, 0.6) is 0 Å². The van der Waals surface area contributed by atoms with Gasteiger partial charge >= 0.3 is 5.91 Å². The summed E-state index contributed by atoms with van der Waals surface area (Å²) in [7, 11) is 0. The van der Waals surface area contributed by atoms with Crippen molar-refractivity contribution in [2.45, 2.75) is 26.2 Å². The van der Waals surface area contributed by atoms with Crippen LogP contribution in [0, 0.1) is 5.92 Å². The van der Waals surface area contributed by atoms with E-state index in [4.69, 9.17) is 4.42 Å². The molecule has 1 aliphatic rings. The zero-order valence-corrected chi connectivity index (χ0v) is 13.6. The molecule has 6 nitrogen and oxygen atoms in total. The minimum Gasteiger partial charge on any atom is -0.444 e. The lowest BCUT2D eigenvalue weighted by atomic mass is 9.96. The number of rotatable bonds is 4. The third-order valence-electron chi connectivity index (χ3n) is 3.66. The monoisotopic (exact) mass is 357 g/mol. The number of hydrogen-bond donors (Lipinski definition) is 2. The fourth-order valence-electron chi connectivity index (χ4n) is 2.50. The zero-order chi connectivity index (χ0) is 15.2. The molecule has 0 spiro atoms. The average molecular weight is 358 g/mol. The summed E-state index contributed by atoms with van der Waals surface area (Å²) in [6.45, 7) is 4.36. The molecule has 2 amide bonds. The van der Waals surface area contributed by atoms with E-state index in [-0.39, 0.29) is 11.7 Å². The van der Waals surface area contributed by atoms with Gasteiger partial charge in [-0.3, -0.25) is 25.3 Å². The van der Waals surface area contributed by atoms with Gasteiger partial charge in [0.25, 0.3) is 5.91 Å². The van der Waals surface area contributed by atoms with Crippen LogP contribution in [0.1, 0.15) is 36.7 Å². The third kappa shape index (κ3) is 4.86. The second kappa shape index (κ2) is 7.61. The molecule has 1 fully saturated rings. The lowest BCUT2D eigenvalue weighted by molar-refractivity contribution is -0.123. The van der Waals surface area contributed by atoms with E-state index in [9.17, 15) is 9.59 Å². The van der Waals surface area contributed by atoms with E-state index in [1.54, 1.807) is 6.07 Å². The highest BCUT2D eigenvalue weighted by atomic mass is 79.9. The van der Waals surface area contributed by atoms with Crippen LogP contribution in [0.25, 0.3) is 0 Å². The van der Waals surface area contributed by atoms with Crippen molar-refractivity contribution in [2.24, 2.45) is 5.92 Å². The quantitative estimate of drug-likeness (QED) is 0.807. The number of carbonyl (C=O) groups excluding carboxylic acids is 2. The molecule has 21 heavy (non-hydrogen) atoms. The van der Waals surface area contributed by atoms with Crippen molar-refractivity contribution >= 4 is 27.7 Å². The Kier molecular flexibility index (Phi) is 5.81. The average Bonchev–Trinajstić information content (AvgIpc) is 2.91. The molecule has 1 atom stereocenters. The van der Waals surface area contributed by atoms with Crippen LogP contribution < -0.4 is 10.9 Å². The maximum Gasteiger partial charge on any atom is 0.305 e. The molecule has 116 valence electrons. The molecular formula is C14H20BrN3O3. The number of piperidine rings is 1. The third-order valence-corrected chi connectivity index (χ3v) is 4.09. The first-order valence-electron chi connectivity index (χ1n) is 7.15. The molecule has 2 rings (SSSR count). The van der Waals surface area contributed by atoms with Gasteiger partial charge in [-0.2, -0.15) is 0 Å². The highest BCUT2D eigenvalue weighted by Gasteiger charge is 2.20. The van der Waals surface area contributed by atoms with Gasteiger partial charge in [0.15, 0.2) is 10.4 Å². The number of furan rings is 1. The maximum atomic E-state index is 11.8. The molecule has 0 aromatic carbocycles. The molecule has 0 radical (unpaired) electrons. The van der Waals surface area contributed by atoms with Gasteiger partial charge in [0.2, 0.25) is 0 Å². The van der Waals surface area contributed by atoms with E-state index in [2.05, 4.69) is 38.6 Å². The lowest BCUT2D eigenvalue weighted by Crippen LogP contribution is -2.48. The van der Waals surface area contributed by atoms with Crippen molar-refractivity contribution in [1.29, 1.82) is 0 Å². The van der Waals surface area contributed by atoms with E-state index in [0.29, 0.717) is 17.1 Å². The maximum absolute atomic E-state index is 11.8. The highest BCUT2D eigenvalue weighted by molar-refractivity contribution is 9.10. The topological polar surface area (TPSA) is 74.6 Å². The van der Waals surface area contributed by atoms with Crippen molar-refractivity contribution in [1.82, 2.24) is 15.8 Å². The Morgan fingerprint density at radius 3 is 2.90 bits per heavy atom. The van der Waals surface area contributed by atoms with Crippen molar-refractivity contribution in [3.8, 4) is 0 Å². The van der Waals surface area contributed by atoms with Crippen LogP contribution >= 0.6 is 15.9 Å². The fraction of sp³-hybridized carbons (Fsp3) is 0.571. The molecule has 0 bridgehead atoms. The molecular weight excluding hydrogens is 338 g/mol. The SMILES string of the molecule is CCC1CCCN(CC(=O)NNC(=O)c2ccc(Br)o2)C1. The smallest absolute Gasteiger partial charge is 0.305 e. The Hall–Kier alpha value is -1.34. The second-order valence-electron chi connectivity index (χ2n) is 5.26. The number of hydrazine groups is 1. The summed E-state index contributed by atoms with van der Waals surface area (Å²) in [4.78, 5) is 25.7. The van der Waals surface area contributed by atoms with E-state index in [1.807, 2.05) is 0 Å². The predicted octanol–water partition coefficient (Wildman–Crippen LogP) is 1.93. The fourth-order valence-corrected chi connectivity index (χ4v) is 2.80. The minimum atomic E-state index is -0.473. The van der Waals surface area contributed by atoms with Crippen LogP contribution in [0.2, 0.25) is 0 Å². The summed E-state index contributed by atoms with van der Waals surface area (Å²) in [5.41, 5.74) is 4.76. The van der Waals surface area contributed by atoms with Crippen LogP contribution in [0.4, 0.5) is 0 Å². The Balaban J connectivity index is 1.73. The van der Waals surface area contributed by atoms with Crippen LogP contribution in [-0.4, -0.2) is 36.3 Å². The van der Waals surface area contributed by atoms with Crippen LogP contribution in [0.3, 0.4) is 0 Å². The number of carbonyl (C=O) groups is 2. The molecule has 1 aromatic heterocycles. The van der Waals surface area contributed by atoms with Gasteiger partial charge < -0.3 is 4.42 Å². The molecule has 2 N–H and O–H groups in total. The largest absolute Gasteiger partial charge is 0.444 e. The van der Waals surface area contributed by atoms with E-state index in [1.165, 1.54) is 12.5 Å². The Bertz CT molecular complexity index is 503. The van der Waals surface area contributed by atoms with Crippen molar-refractivity contribution in [3.63, 3.8) is 0 Å². The first-order chi connectivity index (χ1) is 10.1. The molecule has 1 saturated heterocycles. The molecule has 1 aliphatic heterocycles. The predicted molar refractivity (Wildman–Crippen MR) is 81.5 cm³/mol. The second-order valence-corrected chi connectivity index (χ2v) is 6.04. The van der Waals surface area contributed by atoms with Gasteiger partial charge in [-0.25, -0.2) is 0 Å². The lowest BCUT2D eigenvalue weighted by Gasteiger charge is -2.31. The number of halogens is 1. The number of nitrogens with zero attached hydrogens (tertiary/aromatic N) is 1. The summed E-state index contributed by atoms with van der Waals surface area (Å²) in [6, 6.07) is 3.15. The van der Waals surface area contributed by atoms with E-state index >= 15 is 0 Å². The number of amides is 2. The summed E-state index contributed by atoms with van der Waals surface area (Å²) in [5, 5.41) is 0. The Morgan fingerprint density at radius 2 is 2.24 bits per heavy atom. The number of nitrogens with one attached hydrogen (secondary N) is 2. The molecule has 1 unspecified atom stereocenters.